The molecule has 2 aromatic carbocycles. The van der Waals surface area contributed by atoms with Crippen LogP contribution in [-0.2, 0) is 17.8 Å². The van der Waals surface area contributed by atoms with E-state index in [1.54, 1.807) is 4.90 Å². The van der Waals surface area contributed by atoms with Crippen molar-refractivity contribution in [1.82, 2.24) is 0 Å². The van der Waals surface area contributed by atoms with Crippen molar-refractivity contribution in [1.29, 1.82) is 0 Å². The fourth-order valence-electron chi connectivity index (χ4n) is 2.72. The molecular weight excluding hydrogens is 342 g/mol. The predicted octanol–water partition coefficient (Wildman–Crippen LogP) is 4.85. The van der Waals surface area contributed by atoms with Crippen molar-refractivity contribution in [3.05, 3.63) is 63.6 Å². The molecule has 0 radical (unpaired) electrons. The van der Waals surface area contributed by atoms with Crippen LogP contribution < -0.4 is 4.90 Å². The van der Waals surface area contributed by atoms with Crippen LogP contribution in [0, 0.1) is 6.92 Å². The Morgan fingerprint density at radius 3 is 2.82 bits per heavy atom. The monoisotopic (exact) mass is 359 g/mol. The number of carbonyl (C=O) groups excluding carboxylic acids is 1. The Hall–Kier alpha value is -1.81. The number of benzene rings is 2. The fraction of sp³-hybridized carbons (Fsp3) is 0.278. The Labute approximate surface area is 139 Å². The third-order valence-corrected chi connectivity index (χ3v) is 4.76. The molecule has 1 amide bonds. The molecule has 0 atom stereocenters. The number of nitrogens with zero attached hydrogens (tertiary/aromatic N) is 1. The molecule has 3 rings (SSSR count). The van der Waals surface area contributed by atoms with E-state index in [0.717, 1.165) is 28.6 Å². The lowest BCUT2D eigenvalue weighted by Gasteiger charge is -2.29. The molecule has 0 fully saturated rings. The van der Waals surface area contributed by atoms with E-state index in [4.69, 9.17) is 4.74 Å². The van der Waals surface area contributed by atoms with E-state index in [0.29, 0.717) is 13.2 Å². The number of rotatable bonds is 2. The maximum atomic E-state index is 12.4. The third-order valence-electron chi connectivity index (χ3n) is 3.90. The summed E-state index contributed by atoms with van der Waals surface area (Å²) >= 11 is 3.55. The molecule has 4 heteroatoms. The summed E-state index contributed by atoms with van der Waals surface area (Å²) in [7, 11) is 0. The normalized spacial score (nSPS) is 13.6. The van der Waals surface area contributed by atoms with Crippen molar-refractivity contribution in [3.8, 4) is 0 Å². The molecule has 0 aliphatic carbocycles. The second-order valence-electron chi connectivity index (χ2n) is 5.53. The summed E-state index contributed by atoms with van der Waals surface area (Å²) in [5.74, 6) is 0. The molecule has 0 unspecified atom stereocenters. The van der Waals surface area contributed by atoms with Gasteiger partial charge >= 0.3 is 6.09 Å². The number of fused-ring (bicyclic) bond motifs is 1. The standard InChI is InChI=1S/C18H18BrNO2/c1-13-10-15-8-5-9-20(17(15)11-16(13)19)18(21)22-12-14-6-3-2-4-7-14/h2-4,6-7,10-11H,5,8-9,12H2,1H3. The zero-order valence-corrected chi connectivity index (χ0v) is 14.1. The van der Waals surface area contributed by atoms with Crippen LogP contribution in [0.5, 0.6) is 0 Å². The zero-order chi connectivity index (χ0) is 15.5. The van der Waals surface area contributed by atoms with Crippen molar-refractivity contribution >= 4 is 27.7 Å². The average molecular weight is 360 g/mol. The number of carbonyl (C=O) groups is 1. The lowest BCUT2D eigenvalue weighted by atomic mass is 10.00. The highest BCUT2D eigenvalue weighted by molar-refractivity contribution is 9.10. The molecule has 22 heavy (non-hydrogen) atoms. The highest BCUT2D eigenvalue weighted by Crippen LogP contribution is 2.32. The summed E-state index contributed by atoms with van der Waals surface area (Å²) in [5, 5.41) is 0. The molecule has 114 valence electrons. The Morgan fingerprint density at radius 1 is 1.27 bits per heavy atom. The molecular formula is C18H18BrNO2. The van der Waals surface area contributed by atoms with Crippen LogP contribution >= 0.6 is 15.9 Å². The van der Waals surface area contributed by atoms with Gasteiger partial charge in [0.15, 0.2) is 0 Å². The van der Waals surface area contributed by atoms with Gasteiger partial charge in [0.2, 0.25) is 0 Å². The second kappa shape index (κ2) is 6.53. The largest absolute Gasteiger partial charge is 0.444 e. The van der Waals surface area contributed by atoms with Crippen LogP contribution in [0.1, 0.15) is 23.1 Å². The molecule has 1 heterocycles. The van der Waals surface area contributed by atoms with Gasteiger partial charge in [0, 0.05) is 11.0 Å². The number of halogens is 1. The van der Waals surface area contributed by atoms with Crippen LogP contribution in [0.25, 0.3) is 0 Å². The fourth-order valence-corrected chi connectivity index (χ4v) is 3.05. The van der Waals surface area contributed by atoms with Crippen LogP contribution in [0.4, 0.5) is 10.5 Å². The van der Waals surface area contributed by atoms with Crippen LogP contribution in [0.2, 0.25) is 0 Å². The maximum Gasteiger partial charge on any atom is 0.414 e. The zero-order valence-electron chi connectivity index (χ0n) is 12.5. The number of hydrogen-bond acceptors (Lipinski definition) is 2. The summed E-state index contributed by atoms with van der Waals surface area (Å²) in [6, 6.07) is 13.9. The first-order chi connectivity index (χ1) is 10.6. The van der Waals surface area contributed by atoms with Gasteiger partial charge in [-0.1, -0.05) is 52.3 Å². The third kappa shape index (κ3) is 3.17. The second-order valence-corrected chi connectivity index (χ2v) is 6.38. The van der Waals surface area contributed by atoms with E-state index in [2.05, 4.69) is 28.9 Å². The minimum atomic E-state index is -0.277. The highest BCUT2D eigenvalue weighted by atomic mass is 79.9. The van der Waals surface area contributed by atoms with Crippen molar-refractivity contribution in [2.45, 2.75) is 26.4 Å². The molecule has 0 saturated carbocycles. The van der Waals surface area contributed by atoms with Gasteiger partial charge in [-0.25, -0.2) is 4.79 Å². The first-order valence-electron chi connectivity index (χ1n) is 7.42. The number of anilines is 1. The molecule has 0 aromatic heterocycles. The summed E-state index contributed by atoms with van der Waals surface area (Å²) in [4.78, 5) is 14.2. The lowest BCUT2D eigenvalue weighted by molar-refractivity contribution is 0.146. The Kier molecular flexibility index (Phi) is 4.48. The van der Waals surface area contributed by atoms with E-state index < -0.39 is 0 Å². The van der Waals surface area contributed by atoms with E-state index in [-0.39, 0.29) is 6.09 Å². The minimum absolute atomic E-state index is 0.277. The Morgan fingerprint density at radius 2 is 2.05 bits per heavy atom. The van der Waals surface area contributed by atoms with E-state index in [1.807, 2.05) is 36.4 Å². The molecule has 0 spiro atoms. The van der Waals surface area contributed by atoms with Crippen LogP contribution in [0.15, 0.2) is 46.9 Å². The summed E-state index contributed by atoms with van der Waals surface area (Å²) in [6.07, 6.45) is 1.70. The van der Waals surface area contributed by atoms with Crippen LogP contribution in [-0.4, -0.2) is 12.6 Å². The van der Waals surface area contributed by atoms with Gasteiger partial charge in [0.05, 0.1) is 5.69 Å². The first kappa shape index (κ1) is 15.1. The summed E-state index contributed by atoms with van der Waals surface area (Å²) < 4.78 is 6.49. The maximum absolute atomic E-state index is 12.4. The average Bonchev–Trinajstić information content (AvgIpc) is 2.54. The van der Waals surface area contributed by atoms with Gasteiger partial charge in [-0.2, -0.15) is 0 Å². The topological polar surface area (TPSA) is 29.5 Å². The van der Waals surface area contributed by atoms with Gasteiger partial charge in [0.1, 0.15) is 6.61 Å². The van der Waals surface area contributed by atoms with E-state index in [9.17, 15) is 4.79 Å². The SMILES string of the molecule is Cc1cc2c(cc1Br)N(C(=O)OCc1ccccc1)CCC2. The minimum Gasteiger partial charge on any atom is -0.444 e. The van der Waals surface area contributed by atoms with Gasteiger partial charge in [-0.05, 0) is 42.5 Å². The number of aryl methyl sites for hydroxylation is 2. The van der Waals surface area contributed by atoms with E-state index >= 15 is 0 Å². The number of hydrogen-bond donors (Lipinski definition) is 0. The summed E-state index contributed by atoms with van der Waals surface area (Å²) in [5.41, 5.74) is 4.36. The van der Waals surface area contributed by atoms with Crippen molar-refractivity contribution < 1.29 is 9.53 Å². The van der Waals surface area contributed by atoms with Crippen molar-refractivity contribution in [2.75, 3.05) is 11.4 Å². The molecule has 0 saturated heterocycles. The molecule has 1 aliphatic heterocycles. The molecule has 0 N–H and O–H groups in total. The smallest absolute Gasteiger partial charge is 0.414 e. The molecule has 2 aromatic rings. The van der Waals surface area contributed by atoms with Gasteiger partial charge in [-0.15, -0.1) is 0 Å². The van der Waals surface area contributed by atoms with Crippen LogP contribution in [0.3, 0.4) is 0 Å². The quantitative estimate of drug-likeness (QED) is 0.767. The van der Waals surface area contributed by atoms with Gasteiger partial charge in [0.25, 0.3) is 0 Å². The van der Waals surface area contributed by atoms with E-state index in [1.165, 1.54) is 11.1 Å². The predicted molar refractivity (Wildman–Crippen MR) is 91.2 cm³/mol. The summed E-state index contributed by atoms with van der Waals surface area (Å²) in [6.45, 7) is 3.08. The van der Waals surface area contributed by atoms with Gasteiger partial charge in [-0.3, -0.25) is 4.90 Å². The Bertz CT molecular complexity index is 685. The first-order valence-corrected chi connectivity index (χ1v) is 8.21. The molecule has 3 nitrogen and oxygen atoms in total. The van der Waals surface area contributed by atoms with Crippen molar-refractivity contribution in [3.63, 3.8) is 0 Å². The Balaban J connectivity index is 1.76. The number of ether oxygens (including phenoxy) is 1. The number of amides is 1. The molecule has 0 bridgehead atoms. The van der Waals surface area contributed by atoms with Crippen molar-refractivity contribution in [2.24, 2.45) is 0 Å². The highest BCUT2D eigenvalue weighted by Gasteiger charge is 2.24. The molecule has 1 aliphatic rings. The van der Waals surface area contributed by atoms with Gasteiger partial charge < -0.3 is 4.74 Å². The lowest BCUT2D eigenvalue weighted by Crippen LogP contribution is -2.35.